The summed E-state index contributed by atoms with van der Waals surface area (Å²) in [5.74, 6) is 0.0905. The Kier molecular flexibility index (Phi) is 4.56. The number of aliphatic hydroxyl groups excluding tert-OH is 1. The minimum Gasteiger partial charge on any atom is -0.396 e. The summed E-state index contributed by atoms with van der Waals surface area (Å²) in [4.78, 5) is 16.7. The van der Waals surface area contributed by atoms with Gasteiger partial charge in [-0.1, -0.05) is 18.2 Å². The van der Waals surface area contributed by atoms with Crippen LogP contribution >= 0.6 is 0 Å². The first-order valence-corrected chi connectivity index (χ1v) is 6.84. The zero-order valence-electron chi connectivity index (χ0n) is 11.6. The number of benzene rings is 1. The summed E-state index contributed by atoms with van der Waals surface area (Å²) in [5.41, 5.74) is 0.943. The molecule has 0 aliphatic carbocycles. The molecule has 0 saturated carbocycles. The van der Waals surface area contributed by atoms with E-state index in [9.17, 15) is 9.90 Å². The fourth-order valence-corrected chi connectivity index (χ4v) is 2.68. The molecule has 1 aliphatic heterocycles. The van der Waals surface area contributed by atoms with Crippen molar-refractivity contribution in [2.45, 2.75) is 31.8 Å². The summed E-state index contributed by atoms with van der Waals surface area (Å²) in [6.07, 6.45) is 1.43. The minimum absolute atomic E-state index is 0.0394. The van der Waals surface area contributed by atoms with Gasteiger partial charge in [0, 0.05) is 24.9 Å². The second-order valence-electron chi connectivity index (χ2n) is 5.19. The number of aliphatic hydroxyl groups is 1. The number of amides is 1. The lowest BCUT2D eigenvalue weighted by molar-refractivity contribution is -0.123. The number of anilines is 1. The van der Waals surface area contributed by atoms with E-state index in [1.165, 1.54) is 0 Å². The third kappa shape index (κ3) is 2.96. The summed E-state index contributed by atoms with van der Waals surface area (Å²) in [6.45, 7) is 3.00. The lowest BCUT2D eigenvalue weighted by Crippen LogP contribution is -2.47. The Balaban J connectivity index is 2.31. The molecule has 2 rings (SSSR count). The third-order valence-electron chi connectivity index (χ3n) is 3.83. The van der Waals surface area contributed by atoms with Gasteiger partial charge >= 0.3 is 0 Å². The molecular formula is C15H22N2O2. The van der Waals surface area contributed by atoms with Crippen molar-refractivity contribution in [3.05, 3.63) is 30.3 Å². The van der Waals surface area contributed by atoms with E-state index in [0.717, 1.165) is 18.7 Å². The first-order valence-electron chi connectivity index (χ1n) is 6.84. The highest BCUT2D eigenvalue weighted by molar-refractivity contribution is 5.97. The van der Waals surface area contributed by atoms with Gasteiger partial charge in [-0.25, -0.2) is 0 Å². The van der Waals surface area contributed by atoms with Gasteiger partial charge in [0.2, 0.25) is 5.91 Å². The summed E-state index contributed by atoms with van der Waals surface area (Å²) in [6, 6.07) is 9.74. The van der Waals surface area contributed by atoms with Crippen LogP contribution in [0.1, 0.15) is 19.8 Å². The van der Waals surface area contributed by atoms with Crippen molar-refractivity contribution in [1.82, 2.24) is 4.90 Å². The van der Waals surface area contributed by atoms with E-state index < -0.39 is 0 Å². The number of likely N-dealkylation sites (N-methyl/N-ethyl adjacent to an activating group) is 1. The molecule has 0 bridgehead atoms. The Morgan fingerprint density at radius 2 is 2.00 bits per heavy atom. The van der Waals surface area contributed by atoms with Gasteiger partial charge in [-0.05, 0) is 38.9 Å². The number of carbonyl (C=O) groups excluding carboxylic acids is 1. The number of hydrogen-bond acceptors (Lipinski definition) is 3. The van der Waals surface area contributed by atoms with E-state index in [-0.39, 0.29) is 24.6 Å². The van der Waals surface area contributed by atoms with Gasteiger partial charge in [-0.2, -0.15) is 0 Å². The molecule has 1 fully saturated rings. The molecule has 1 amide bonds. The Hall–Kier alpha value is -1.39. The average molecular weight is 262 g/mol. The maximum absolute atomic E-state index is 12.7. The smallest absolute Gasteiger partial charge is 0.244 e. The van der Waals surface area contributed by atoms with Crippen molar-refractivity contribution in [3.8, 4) is 0 Å². The molecule has 1 N–H and O–H groups in total. The fraction of sp³-hybridized carbons (Fsp3) is 0.533. The van der Waals surface area contributed by atoms with Crippen LogP contribution in [0.5, 0.6) is 0 Å². The van der Waals surface area contributed by atoms with Gasteiger partial charge in [-0.15, -0.1) is 0 Å². The predicted molar refractivity (Wildman–Crippen MR) is 76.1 cm³/mol. The molecule has 2 unspecified atom stereocenters. The van der Waals surface area contributed by atoms with Crippen LogP contribution in [-0.4, -0.2) is 48.2 Å². The largest absolute Gasteiger partial charge is 0.396 e. The van der Waals surface area contributed by atoms with E-state index in [1.807, 2.05) is 42.3 Å². The predicted octanol–water partition coefficient (Wildman–Crippen LogP) is 1.49. The van der Waals surface area contributed by atoms with E-state index in [0.29, 0.717) is 6.42 Å². The minimum atomic E-state index is -0.227. The van der Waals surface area contributed by atoms with Crippen LogP contribution in [-0.2, 0) is 4.79 Å². The number of nitrogens with zero attached hydrogens (tertiary/aromatic N) is 2. The molecule has 4 nitrogen and oxygen atoms in total. The third-order valence-corrected chi connectivity index (χ3v) is 3.83. The number of carbonyl (C=O) groups is 1. The van der Waals surface area contributed by atoms with Crippen LogP contribution in [0.25, 0.3) is 0 Å². The Labute approximate surface area is 114 Å². The standard InChI is InChI=1S/C15H22N2O2/c1-12-8-10-16(2)14(9-11-18)15(19)17(12)13-6-4-3-5-7-13/h3-7,12,14,18H,8-11H2,1-2H3. The molecule has 1 aromatic rings. The van der Waals surface area contributed by atoms with Gasteiger partial charge in [0.15, 0.2) is 0 Å². The molecule has 1 saturated heterocycles. The van der Waals surface area contributed by atoms with Crippen LogP contribution < -0.4 is 4.90 Å². The number of hydrogen-bond donors (Lipinski definition) is 1. The molecule has 1 aromatic carbocycles. The van der Waals surface area contributed by atoms with Gasteiger partial charge in [-0.3, -0.25) is 9.69 Å². The van der Waals surface area contributed by atoms with Gasteiger partial charge in [0.1, 0.15) is 0 Å². The quantitative estimate of drug-likeness (QED) is 0.897. The van der Waals surface area contributed by atoms with Crippen molar-refractivity contribution in [3.63, 3.8) is 0 Å². The van der Waals surface area contributed by atoms with Crippen LogP contribution in [0.2, 0.25) is 0 Å². The molecule has 2 atom stereocenters. The van der Waals surface area contributed by atoms with Crippen molar-refractivity contribution >= 4 is 11.6 Å². The van der Waals surface area contributed by atoms with Crippen molar-refractivity contribution in [2.75, 3.05) is 25.1 Å². The van der Waals surface area contributed by atoms with E-state index in [1.54, 1.807) is 0 Å². The molecule has 0 aromatic heterocycles. The number of rotatable bonds is 3. The summed E-state index contributed by atoms with van der Waals surface area (Å²) in [5, 5.41) is 9.17. The highest BCUT2D eigenvalue weighted by Crippen LogP contribution is 2.24. The molecule has 19 heavy (non-hydrogen) atoms. The second-order valence-corrected chi connectivity index (χ2v) is 5.19. The Morgan fingerprint density at radius 1 is 1.32 bits per heavy atom. The van der Waals surface area contributed by atoms with Crippen LogP contribution in [0.4, 0.5) is 5.69 Å². The molecule has 1 heterocycles. The summed E-state index contributed by atoms with van der Waals surface area (Å²) < 4.78 is 0. The zero-order chi connectivity index (χ0) is 13.8. The van der Waals surface area contributed by atoms with Crippen molar-refractivity contribution in [1.29, 1.82) is 0 Å². The first-order chi connectivity index (χ1) is 9.15. The zero-order valence-corrected chi connectivity index (χ0v) is 11.6. The number of para-hydroxylation sites is 1. The SMILES string of the molecule is CC1CCN(C)C(CCO)C(=O)N1c1ccccc1. The van der Waals surface area contributed by atoms with Crippen LogP contribution in [0.3, 0.4) is 0 Å². The maximum Gasteiger partial charge on any atom is 0.244 e. The molecule has 4 heteroatoms. The highest BCUT2D eigenvalue weighted by Gasteiger charge is 2.34. The first kappa shape index (κ1) is 14.0. The molecule has 0 spiro atoms. The normalized spacial score (nSPS) is 25.4. The topological polar surface area (TPSA) is 43.8 Å². The monoisotopic (exact) mass is 262 g/mol. The molecular weight excluding hydrogens is 240 g/mol. The molecule has 1 aliphatic rings. The lowest BCUT2D eigenvalue weighted by Gasteiger charge is -2.30. The maximum atomic E-state index is 12.7. The fourth-order valence-electron chi connectivity index (χ4n) is 2.68. The van der Waals surface area contributed by atoms with Crippen molar-refractivity contribution < 1.29 is 9.90 Å². The van der Waals surface area contributed by atoms with Gasteiger partial charge in [0.05, 0.1) is 6.04 Å². The molecule has 0 radical (unpaired) electrons. The Bertz CT molecular complexity index is 421. The van der Waals surface area contributed by atoms with Crippen LogP contribution in [0, 0.1) is 0 Å². The van der Waals surface area contributed by atoms with E-state index in [4.69, 9.17) is 0 Å². The summed E-state index contributed by atoms with van der Waals surface area (Å²) in [7, 11) is 1.96. The van der Waals surface area contributed by atoms with E-state index >= 15 is 0 Å². The Morgan fingerprint density at radius 3 is 2.63 bits per heavy atom. The van der Waals surface area contributed by atoms with E-state index in [2.05, 4.69) is 11.8 Å². The average Bonchev–Trinajstić information content (AvgIpc) is 2.52. The van der Waals surface area contributed by atoms with Gasteiger partial charge < -0.3 is 10.0 Å². The highest BCUT2D eigenvalue weighted by atomic mass is 16.3. The van der Waals surface area contributed by atoms with Gasteiger partial charge in [0.25, 0.3) is 0 Å². The van der Waals surface area contributed by atoms with Crippen LogP contribution in [0.15, 0.2) is 30.3 Å². The molecule has 104 valence electrons. The second kappa shape index (κ2) is 6.17. The lowest BCUT2D eigenvalue weighted by atomic mass is 10.1. The van der Waals surface area contributed by atoms with Crippen molar-refractivity contribution in [2.24, 2.45) is 0 Å². The summed E-state index contributed by atoms with van der Waals surface area (Å²) >= 11 is 0.